The van der Waals surface area contributed by atoms with Crippen LogP contribution in [0.15, 0.2) is 24.3 Å². The minimum Gasteiger partial charge on any atom is -0.494 e. The smallest absolute Gasteiger partial charge is 0.257 e. The summed E-state index contributed by atoms with van der Waals surface area (Å²) in [5.74, 6) is 0.727. The molecule has 0 saturated carbocycles. The topological polar surface area (TPSA) is 64.8 Å². The maximum atomic E-state index is 12.1. The molecule has 1 saturated heterocycles. The molecule has 0 aliphatic carbocycles. The molecule has 0 bridgehead atoms. The van der Waals surface area contributed by atoms with Gasteiger partial charge in [0.15, 0.2) is 0 Å². The van der Waals surface area contributed by atoms with Crippen LogP contribution >= 0.6 is 0 Å². The van der Waals surface area contributed by atoms with Crippen molar-refractivity contribution >= 4 is 11.6 Å². The number of nitrogens with zero attached hydrogens (tertiary/aromatic N) is 1. The summed E-state index contributed by atoms with van der Waals surface area (Å²) >= 11 is 0. The van der Waals surface area contributed by atoms with Crippen molar-refractivity contribution in [2.75, 3.05) is 31.2 Å². The molecule has 0 radical (unpaired) electrons. The van der Waals surface area contributed by atoms with Crippen molar-refractivity contribution in [2.45, 2.75) is 13.0 Å². The molecule has 18 heavy (non-hydrogen) atoms. The summed E-state index contributed by atoms with van der Waals surface area (Å²) in [5.41, 5.74) is 6.36. The van der Waals surface area contributed by atoms with Gasteiger partial charge in [0.05, 0.1) is 13.2 Å². The fourth-order valence-corrected chi connectivity index (χ4v) is 1.96. The summed E-state index contributed by atoms with van der Waals surface area (Å²) < 4.78 is 10.7. The van der Waals surface area contributed by atoms with Gasteiger partial charge in [-0.05, 0) is 31.2 Å². The Balaban J connectivity index is 2.12. The van der Waals surface area contributed by atoms with E-state index in [1.807, 2.05) is 31.2 Å². The Morgan fingerprint density at radius 3 is 2.78 bits per heavy atom. The van der Waals surface area contributed by atoms with Gasteiger partial charge in [0.1, 0.15) is 11.9 Å². The summed E-state index contributed by atoms with van der Waals surface area (Å²) in [6, 6.07) is 7.47. The fourth-order valence-electron chi connectivity index (χ4n) is 1.96. The van der Waals surface area contributed by atoms with E-state index in [9.17, 15) is 4.79 Å². The second-order valence-corrected chi connectivity index (χ2v) is 4.01. The standard InChI is InChI=1S/C13H18N2O3/c1-2-17-11-5-3-10(4-6-11)15-7-8-18-12(9-14)13(15)16/h3-6,12H,2,7-9,14H2,1H3. The molecule has 5 nitrogen and oxygen atoms in total. The van der Waals surface area contributed by atoms with Crippen LogP contribution in [-0.2, 0) is 9.53 Å². The molecule has 2 rings (SSSR count). The molecule has 0 spiro atoms. The molecule has 98 valence electrons. The average molecular weight is 250 g/mol. The zero-order chi connectivity index (χ0) is 13.0. The van der Waals surface area contributed by atoms with Gasteiger partial charge in [-0.3, -0.25) is 4.79 Å². The summed E-state index contributed by atoms with van der Waals surface area (Å²) in [5, 5.41) is 0. The Morgan fingerprint density at radius 2 is 2.17 bits per heavy atom. The zero-order valence-corrected chi connectivity index (χ0v) is 10.5. The highest BCUT2D eigenvalue weighted by Gasteiger charge is 2.29. The van der Waals surface area contributed by atoms with Gasteiger partial charge in [-0.25, -0.2) is 0 Å². The molecule has 1 fully saturated rings. The number of morpholine rings is 1. The van der Waals surface area contributed by atoms with Gasteiger partial charge >= 0.3 is 0 Å². The Hall–Kier alpha value is -1.59. The molecule has 1 unspecified atom stereocenters. The lowest BCUT2D eigenvalue weighted by Gasteiger charge is -2.31. The molecule has 1 aliphatic heterocycles. The average Bonchev–Trinajstić information content (AvgIpc) is 2.41. The van der Waals surface area contributed by atoms with Crippen LogP contribution in [0.3, 0.4) is 0 Å². The van der Waals surface area contributed by atoms with Crippen molar-refractivity contribution < 1.29 is 14.3 Å². The minimum atomic E-state index is -0.523. The van der Waals surface area contributed by atoms with Crippen LogP contribution < -0.4 is 15.4 Å². The number of carbonyl (C=O) groups is 1. The molecular weight excluding hydrogens is 232 g/mol. The van der Waals surface area contributed by atoms with Crippen LogP contribution in [0.5, 0.6) is 5.75 Å². The second kappa shape index (κ2) is 5.84. The summed E-state index contributed by atoms with van der Waals surface area (Å²) in [7, 11) is 0. The minimum absolute atomic E-state index is 0.0760. The summed E-state index contributed by atoms with van der Waals surface area (Å²) in [6.07, 6.45) is -0.523. The highest BCUT2D eigenvalue weighted by molar-refractivity contribution is 5.97. The van der Waals surface area contributed by atoms with Crippen molar-refractivity contribution in [2.24, 2.45) is 5.73 Å². The maximum absolute atomic E-state index is 12.1. The number of anilines is 1. The highest BCUT2D eigenvalue weighted by Crippen LogP contribution is 2.22. The number of amides is 1. The van der Waals surface area contributed by atoms with Crippen LogP contribution in [0, 0.1) is 0 Å². The normalized spacial score (nSPS) is 20.0. The first-order chi connectivity index (χ1) is 8.76. The summed E-state index contributed by atoms with van der Waals surface area (Å²) in [4.78, 5) is 13.8. The first-order valence-electron chi connectivity index (χ1n) is 6.12. The number of rotatable bonds is 4. The molecule has 1 atom stereocenters. The molecule has 1 aromatic rings. The van der Waals surface area contributed by atoms with Crippen LogP contribution in [0.25, 0.3) is 0 Å². The number of benzene rings is 1. The van der Waals surface area contributed by atoms with Crippen molar-refractivity contribution in [3.05, 3.63) is 24.3 Å². The van der Waals surface area contributed by atoms with E-state index in [2.05, 4.69) is 0 Å². The number of nitrogens with two attached hydrogens (primary N) is 1. The van der Waals surface area contributed by atoms with Crippen molar-refractivity contribution in [3.63, 3.8) is 0 Å². The van der Waals surface area contributed by atoms with E-state index in [0.717, 1.165) is 11.4 Å². The van der Waals surface area contributed by atoms with Crippen molar-refractivity contribution in [1.29, 1.82) is 0 Å². The van der Waals surface area contributed by atoms with Gasteiger partial charge < -0.3 is 20.1 Å². The first kappa shape index (κ1) is 12.9. The maximum Gasteiger partial charge on any atom is 0.257 e. The third kappa shape index (κ3) is 2.63. The van der Waals surface area contributed by atoms with Gasteiger partial charge in [-0.2, -0.15) is 0 Å². The number of carbonyl (C=O) groups excluding carboxylic acids is 1. The molecule has 5 heteroatoms. The molecule has 1 amide bonds. The number of hydrogen-bond donors (Lipinski definition) is 1. The Labute approximate surface area is 106 Å². The van der Waals surface area contributed by atoms with Crippen LogP contribution in [0.2, 0.25) is 0 Å². The van der Waals surface area contributed by atoms with E-state index >= 15 is 0 Å². The fraction of sp³-hybridized carbons (Fsp3) is 0.462. The molecule has 2 N–H and O–H groups in total. The molecule has 1 aromatic carbocycles. The van der Waals surface area contributed by atoms with E-state index in [4.69, 9.17) is 15.2 Å². The van der Waals surface area contributed by atoms with E-state index in [1.54, 1.807) is 4.90 Å². The van der Waals surface area contributed by atoms with E-state index in [0.29, 0.717) is 19.8 Å². The first-order valence-corrected chi connectivity index (χ1v) is 6.12. The molecule has 1 heterocycles. The van der Waals surface area contributed by atoms with Crippen LogP contribution in [0.4, 0.5) is 5.69 Å². The Kier molecular flexibility index (Phi) is 4.17. The summed E-state index contributed by atoms with van der Waals surface area (Å²) in [6.45, 7) is 3.85. The number of ether oxygens (including phenoxy) is 2. The quantitative estimate of drug-likeness (QED) is 0.857. The molecule has 0 aromatic heterocycles. The largest absolute Gasteiger partial charge is 0.494 e. The third-order valence-corrected chi connectivity index (χ3v) is 2.85. The SMILES string of the molecule is CCOc1ccc(N2CCOC(CN)C2=O)cc1. The van der Waals surface area contributed by atoms with Gasteiger partial charge in [0.25, 0.3) is 5.91 Å². The van der Waals surface area contributed by atoms with E-state index < -0.39 is 6.10 Å². The Bertz CT molecular complexity index is 405. The second-order valence-electron chi connectivity index (χ2n) is 4.01. The Morgan fingerprint density at radius 1 is 1.44 bits per heavy atom. The lowest BCUT2D eigenvalue weighted by atomic mass is 10.2. The van der Waals surface area contributed by atoms with Crippen LogP contribution in [0.1, 0.15) is 6.92 Å². The lowest BCUT2D eigenvalue weighted by Crippen LogP contribution is -2.50. The van der Waals surface area contributed by atoms with E-state index in [-0.39, 0.29) is 12.5 Å². The molecule has 1 aliphatic rings. The predicted octanol–water partition coefficient (Wildman–Crippen LogP) is 0.776. The van der Waals surface area contributed by atoms with Crippen LogP contribution in [-0.4, -0.2) is 38.3 Å². The number of hydrogen-bond acceptors (Lipinski definition) is 4. The van der Waals surface area contributed by atoms with Crippen molar-refractivity contribution in [3.8, 4) is 5.75 Å². The monoisotopic (exact) mass is 250 g/mol. The zero-order valence-electron chi connectivity index (χ0n) is 10.5. The van der Waals surface area contributed by atoms with Gasteiger partial charge in [-0.15, -0.1) is 0 Å². The van der Waals surface area contributed by atoms with Gasteiger partial charge in [0.2, 0.25) is 0 Å². The molecular formula is C13H18N2O3. The third-order valence-electron chi connectivity index (χ3n) is 2.85. The van der Waals surface area contributed by atoms with Gasteiger partial charge in [0, 0.05) is 18.8 Å². The van der Waals surface area contributed by atoms with E-state index in [1.165, 1.54) is 0 Å². The predicted molar refractivity (Wildman–Crippen MR) is 68.8 cm³/mol. The highest BCUT2D eigenvalue weighted by atomic mass is 16.5. The lowest BCUT2D eigenvalue weighted by molar-refractivity contribution is -0.133. The van der Waals surface area contributed by atoms with Gasteiger partial charge in [-0.1, -0.05) is 0 Å². The van der Waals surface area contributed by atoms with Crippen molar-refractivity contribution in [1.82, 2.24) is 0 Å².